The monoisotopic (exact) mass is 285 g/mol. The van der Waals surface area contributed by atoms with Crippen molar-refractivity contribution in [1.82, 2.24) is 19.5 Å². The minimum Gasteiger partial charge on any atom is -0.394 e. The van der Waals surface area contributed by atoms with Gasteiger partial charge < -0.3 is 25.8 Å². The molecule has 0 radical (unpaired) electrons. The molecule has 1 aliphatic heterocycles. The number of hydrogen-bond donors (Lipinski definition) is 4. The number of aromatic nitrogens is 4. The van der Waals surface area contributed by atoms with Crippen LogP contribution in [0.5, 0.6) is 0 Å². The molecule has 2 aromatic rings. The maximum atomic E-state index is 14.0. The predicted molar refractivity (Wildman–Crippen MR) is 62.7 cm³/mol. The summed E-state index contributed by atoms with van der Waals surface area (Å²) in [6.07, 6.45) is -4.93. The largest absolute Gasteiger partial charge is 0.394 e. The number of nitrogen functional groups attached to an aromatic ring is 1. The van der Waals surface area contributed by atoms with Gasteiger partial charge in [0.15, 0.2) is 23.2 Å². The van der Waals surface area contributed by atoms with Gasteiger partial charge in [-0.15, -0.1) is 0 Å². The summed E-state index contributed by atoms with van der Waals surface area (Å²) in [5, 5.41) is 28.6. The van der Waals surface area contributed by atoms with Crippen LogP contribution in [0, 0.1) is 6.08 Å². The molecule has 4 unspecified atom stereocenters. The molecule has 0 amide bonds. The van der Waals surface area contributed by atoms with Crippen molar-refractivity contribution in [3.63, 3.8) is 0 Å². The number of rotatable bonds is 2. The normalized spacial score (nSPS) is 30.2. The van der Waals surface area contributed by atoms with E-state index in [9.17, 15) is 14.6 Å². The zero-order valence-corrected chi connectivity index (χ0v) is 10.1. The number of nitrogens with two attached hydrogens (primary N) is 1. The number of imidazole rings is 1. The molecule has 1 saturated heterocycles. The molecule has 2 aromatic heterocycles. The first-order chi connectivity index (χ1) is 9.54. The Morgan fingerprint density at radius 1 is 1.35 bits per heavy atom. The quantitative estimate of drug-likeness (QED) is 0.472. The van der Waals surface area contributed by atoms with Crippen LogP contribution in [-0.2, 0) is 4.74 Å². The first-order valence-electron chi connectivity index (χ1n) is 5.81. The minimum absolute atomic E-state index is 0.0145. The Kier molecular flexibility index (Phi) is 3.01. The Bertz CT molecular complexity index is 650. The summed E-state index contributed by atoms with van der Waals surface area (Å²) in [6, 6.07) is 0. The second-order valence-corrected chi connectivity index (χ2v) is 4.41. The standard InChI is InChI=1S/C10H12FN5O4/c11-10-15-4-7(12)13-2-14-8(4)16(10)9-6(19)5(18)3(1-17)20-9/h2-3,5-6,9,17-19H,1H2,(H2,12,13,14). The van der Waals surface area contributed by atoms with Crippen LogP contribution in [0.25, 0.3) is 11.2 Å². The van der Waals surface area contributed by atoms with Gasteiger partial charge in [-0.05, 0) is 0 Å². The molecule has 4 atom stereocenters. The van der Waals surface area contributed by atoms with E-state index in [-0.39, 0.29) is 17.0 Å². The summed E-state index contributed by atoms with van der Waals surface area (Å²) in [4.78, 5) is 11.1. The Labute approximate surface area is 111 Å². The van der Waals surface area contributed by atoms with Crippen molar-refractivity contribution < 1.29 is 24.4 Å². The Balaban J connectivity index is 2.11. The number of ether oxygens (including phenoxy) is 1. The second kappa shape index (κ2) is 4.59. The van der Waals surface area contributed by atoms with E-state index in [0.717, 1.165) is 10.9 Å². The zero-order chi connectivity index (χ0) is 14.4. The van der Waals surface area contributed by atoms with Gasteiger partial charge in [0.25, 0.3) is 6.08 Å². The highest BCUT2D eigenvalue weighted by atomic mass is 19.1. The van der Waals surface area contributed by atoms with E-state index in [1.54, 1.807) is 0 Å². The Morgan fingerprint density at radius 2 is 2.10 bits per heavy atom. The van der Waals surface area contributed by atoms with Crippen molar-refractivity contribution in [2.45, 2.75) is 24.5 Å². The van der Waals surface area contributed by atoms with E-state index in [4.69, 9.17) is 15.6 Å². The number of anilines is 1. The lowest BCUT2D eigenvalue weighted by atomic mass is 10.1. The number of aliphatic hydroxyl groups is 3. The molecule has 5 N–H and O–H groups in total. The SMILES string of the molecule is Nc1ncnc2c1nc(F)n2C1OC(CO)C(O)C1O. The third-order valence-corrected chi connectivity index (χ3v) is 3.23. The molecule has 0 aromatic carbocycles. The maximum absolute atomic E-state index is 14.0. The molecular formula is C10H12FN5O4. The number of aliphatic hydroxyl groups excluding tert-OH is 3. The molecular weight excluding hydrogens is 273 g/mol. The molecule has 3 rings (SSSR count). The number of hydrogen-bond acceptors (Lipinski definition) is 8. The fourth-order valence-corrected chi connectivity index (χ4v) is 2.22. The molecule has 0 aliphatic carbocycles. The average Bonchev–Trinajstić information content (AvgIpc) is 2.90. The van der Waals surface area contributed by atoms with Gasteiger partial charge >= 0.3 is 0 Å². The van der Waals surface area contributed by atoms with Crippen LogP contribution in [0.1, 0.15) is 6.23 Å². The van der Waals surface area contributed by atoms with E-state index in [1.165, 1.54) is 0 Å². The molecule has 3 heterocycles. The van der Waals surface area contributed by atoms with E-state index in [1.807, 2.05) is 0 Å². The van der Waals surface area contributed by atoms with Crippen LogP contribution in [0.2, 0.25) is 0 Å². The molecule has 0 bridgehead atoms. The number of halogens is 1. The smallest absolute Gasteiger partial charge is 0.293 e. The lowest BCUT2D eigenvalue weighted by Crippen LogP contribution is -2.33. The van der Waals surface area contributed by atoms with Crippen molar-refractivity contribution in [3.8, 4) is 0 Å². The second-order valence-electron chi connectivity index (χ2n) is 4.41. The lowest BCUT2D eigenvalue weighted by Gasteiger charge is -2.16. The topological polar surface area (TPSA) is 140 Å². The van der Waals surface area contributed by atoms with E-state index in [0.29, 0.717) is 0 Å². The zero-order valence-electron chi connectivity index (χ0n) is 10.1. The average molecular weight is 285 g/mol. The van der Waals surface area contributed by atoms with Crippen LogP contribution < -0.4 is 5.73 Å². The third-order valence-electron chi connectivity index (χ3n) is 3.23. The first-order valence-corrected chi connectivity index (χ1v) is 5.81. The van der Waals surface area contributed by atoms with Crippen molar-refractivity contribution in [2.24, 2.45) is 0 Å². The fourth-order valence-electron chi connectivity index (χ4n) is 2.22. The summed E-state index contributed by atoms with van der Waals surface area (Å²) < 4.78 is 20.1. The van der Waals surface area contributed by atoms with Gasteiger partial charge in [0.1, 0.15) is 24.6 Å². The van der Waals surface area contributed by atoms with Crippen molar-refractivity contribution >= 4 is 17.0 Å². The molecule has 20 heavy (non-hydrogen) atoms. The number of fused-ring (bicyclic) bond motifs is 1. The van der Waals surface area contributed by atoms with E-state index in [2.05, 4.69) is 15.0 Å². The molecule has 1 fully saturated rings. The summed E-state index contributed by atoms with van der Waals surface area (Å²) in [5.74, 6) is -0.0145. The predicted octanol–water partition coefficient (Wildman–Crippen LogP) is -1.84. The third kappa shape index (κ3) is 1.73. The molecule has 1 aliphatic rings. The minimum atomic E-state index is -1.43. The van der Waals surface area contributed by atoms with Gasteiger partial charge in [-0.3, -0.25) is 4.57 Å². The first kappa shape index (κ1) is 13.1. The maximum Gasteiger partial charge on any atom is 0.293 e. The highest BCUT2D eigenvalue weighted by Crippen LogP contribution is 2.32. The van der Waals surface area contributed by atoms with Gasteiger partial charge in [-0.1, -0.05) is 0 Å². The summed E-state index contributed by atoms with van der Waals surface area (Å²) >= 11 is 0. The van der Waals surface area contributed by atoms with E-state index < -0.39 is 37.2 Å². The molecule has 0 spiro atoms. The highest BCUT2D eigenvalue weighted by Gasteiger charge is 2.45. The van der Waals surface area contributed by atoms with Crippen LogP contribution in [0.4, 0.5) is 10.2 Å². The summed E-state index contributed by atoms with van der Waals surface area (Å²) in [7, 11) is 0. The van der Waals surface area contributed by atoms with Crippen LogP contribution in [0.15, 0.2) is 6.33 Å². The Hall–Kier alpha value is -1.88. The number of nitrogens with zero attached hydrogens (tertiary/aromatic N) is 4. The summed E-state index contributed by atoms with van der Waals surface area (Å²) in [6.45, 7) is -0.514. The van der Waals surface area contributed by atoms with Crippen molar-refractivity contribution in [3.05, 3.63) is 12.4 Å². The van der Waals surface area contributed by atoms with Gasteiger partial charge in [-0.2, -0.15) is 9.37 Å². The van der Waals surface area contributed by atoms with Crippen LogP contribution >= 0.6 is 0 Å². The van der Waals surface area contributed by atoms with Crippen molar-refractivity contribution in [1.29, 1.82) is 0 Å². The molecule has 10 heteroatoms. The molecule has 108 valence electrons. The van der Waals surface area contributed by atoms with Crippen LogP contribution in [-0.4, -0.2) is 59.8 Å². The molecule has 0 saturated carbocycles. The lowest BCUT2D eigenvalue weighted by molar-refractivity contribution is -0.0558. The summed E-state index contributed by atoms with van der Waals surface area (Å²) in [5.41, 5.74) is 5.63. The highest BCUT2D eigenvalue weighted by molar-refractivity contribution is 5.81. The van der Waals surface area contributed by atoms with Gasteiger partial charge in [0.05, 0.1) is 6.61 Å². The Morgan fingerprint density at radius 3 is 2.75 bits per heavy atom. The van der Waals surface area contributed by atoms with Gasteiger partial charge in [0, 0.05) is 0 Å². The van der Waals surface area contributed by atoms with E-state index >= 15 is 0 Å². The fraction of sp³-hybridized carbons (Fsp3) is 0.500. The van der Waals surface area contributed by atoms with Crippen LogP contribution in [0.3, 0.4) is 0 Å². The van der Waals surface area contributed by atoms with Gasteiger partial charge in [-0.25, -0.2) is 9.97 Å². The van der Waals surface area contributed by atoms with Crippen molar-refractivity contribution in [2.75, 3.05) is 12.3 Å². The molecule has 9 nitrogen and oxygen atoms in total. The van der Waals surface area contributed by atoms with Gasteiger partial charge in [0.2, 0.25) is 0 Å².